The quantitative estimate of drug-likeness (QED) is 0.447. The average Bonchev–Trinajstić information content (AvgIpc) is 2.47. The van der Waals surface area contributed by atoms with Crippen LogP contribution in [0.4, 0.5) is 0 Å². The summed E-state index contributed by atoms with van der Waals surface area (Å²) in [4.78, 5) is 0. The SMILES string of the molecule is C/C=C/C1CCC([C@H]2CC[C@H](C#CCC)CC2)CC1. The first-order chi connectivity index (χ1) is 9.33. The van der Waals surface area contributed by atoms with Crippen molar-refractivity contribution < 1.29 is 0 Å². The summed E-state index contributed by atoms with van der Waals surface area (Å²) < 4.78 is 0. The molecule has 0 aliphatic heterocycles. The molecule has 0 spiro atoms. The molecule has 0 aromatic carbocycles. The molecule has 0 heterocycles. The molecular formula is C19H30. The fourth-order valence-corrected chi connectivity index (χ4v) is 4.06. The predicted octanol–water partition coefficient (Wildman–Crippen LogP) is 5.59. The van der Waals surface area contributed by atoms with Crippen molar-refractivity contribution in [2.75, 3.05) is 0 Å². The van der Waals surface area contributed by atoms with Gasteiger partial charge in [-0.05, 0) is 76.0 Å². The Morgan fingerprint density at radius 1 is 0.895 bits per heavy atom. The molecule has 2 aliphatic carbocycles. The van der Waals surface area contributed by atoms with Gasteiger partial charge in [0.15, 0.2) is 0 Å². The number of allylic oxidation sites excluding steroid dienone is 2. The summed E-state index contributed by atoms with van der Waals surface area (Å²) in [7, 11) is 0. The predicted molar refractivity (Wildman–Crippen MR) is 83.8 cm³/mol. The molecule has 106 valence electrons. The summed E-state index contributed by atoms with van der Waals surface area (Å²) in [6, 6.07) is 0. The van der Waals surface area contributed by atoms with E-state index < -0.39 is 0 Å². The zero-order chi connectivity index (χ0) is 13.5. The average molecular weight is 258 g/mol. The molecule has 19 heavy (non-hydrogen) atoms. The number of hydrogen-bond donors (Lipinski definition) is 0. The topological polar surface area (TPSA) is 0 Å². The van der Waals surface area contributed by atoms with Crippen molar-refractivity contribution in [1.29, 1.82) is 0 Å². The fourth-order valence-electron chi connectivity index (χ4n) is 4.06. The van der Waals surface area contributed by atoms with Gasteiger partial charge in [0.25, 0.3) is 0 Å². The molecule has 0 nitrogen and oxygen atoms in total. The van der Waals surface area contributed by atoms with E-state index in [4.69, 9.17) is 0 Å². The lowest BCUT2D eigenvalue weighted by molar-refractivity contribution is 0.168. The van der Waals surface area contributed by atoms with Gasteiger partial charge in [-0.3, -0.25) is 0 Å². The zero-order valence-electron chi connectivity index (χ0n) is 12.8. The van der Waals surface area contributed by atoms with Gasteiger partial charge in [-0.15, -0.1) is 5.92 Å². The molecule has 2 aliphatic rings. The number of rotatable bonds is 2. The van der Waals surface area contributed by atoms with Crippen LogP contribution in [-0.2, 0) is 0 Å². The summed E-state index contributed by atoms with van der Waals surface area (Å²) in [6.45, 7) is 4.31. The Hall–Kier alpha value is -0.700. The van der Waals surface area contributed by atoms with Crippen LogP contribution in [0.15, 0.2) is 12.2 Å². The van der Waals surface area contributed by atoms with E-state index in [2.05, 4.69) is 37.8 Å². The van der Waals surface area contributed by atoms with Crippen molar-refractivity contribution in [3.63, 3.8) is 0 Å². The lowest BCUT2D eigenvalue weighted by atomic mass is 9.69. The van der Waals surface area contributed by atoms with Crippen LogP contribution in [0.3, 0.4) is 0 Å². The number of hydrogen-bond acceptors (Lipinski definition) is 0. The van der Waals surface area contributed by atoms with Crippen LogP contribution in [0.2, 0.25) is 0 Å². The summed E-state index contributed by atoms with van der Waals surface area (Å²) >= 11 is 0. The molecule has 0 saturated heterocycles. The van der Waals surface area contributed by atoms with E-state index in [0.29, 0.717) is 0 Å². The second-order valence-corrected chi connectivity index (χ2v) is 6.49. The Bertz CT molecular complexity index is 325. The normalized spacial score (nSPS) is 35.9. The zero-order valence-corrected chi connectivity index (χ0v) is 12.8. The third-order valence-corrected chi connectivity index (χ3v) is 5.20. The van der Waals surface area contributed by atoms with Crippen molar-refractivity contribution in [3.05, 3.63) is 12.2 Å². The van der Waals surface area contributed by atoms with E-state index in [1.165, 1.54) is 51.4 Å². The minimum atomic E-state index is 0.718. The Morgan fingerprint density at radius 3 is 2.00 bits per heavy atom. The van der Waals surface area contributed by atoms with Gasteiger partial charge in [-0.25, -0.2) is 0 Å². The van der Waals surface area contributed by atoms with Crippen molar-refractivity contribution >= 4 is 0 Å². The van der Waals surface area contributed by atoms with Gasteiger partial charge >= 0.3 is 0 Å². The minimum absolute atomic E-state index is 0.718. The maximum Gasteiger partial charge on any atom is 0.0203 e. The summed E-state index contributed by atoms with van der Waals surface area (Å²) in [5, 5.41) is 0. The van der Waals surface area contributed by atoms with E-state index in [9.17, 15) is 0 Å². The van der Waals surface area contributed by atoms with E-state index in [1.54, 1.807) is 0 Å². The molecule has 0 amide bonds. The van der Waals surface area contributed by atoms with Crippen LogP contribution in [0.25, 0.3) is 0 Å². The highest BCUT2D eigenvalue weighted by Crippen LogP contribution is 2.41. The van der Waals surface area contributed by atoms with Crippen molar-refractivity contribution in [2.24, 2.45) is 23.7 Å². The molecule has 0 heteroatoms. The molecule has 0 aromatic heterocycles. The highest BCUT2D eigenvalue weighted by molar-refractivity contribution is 5.04. The first-order valence-electron chi connectivity index (χ1n) is 8.44. The van der Waals surface area contributed by atoms with Gasteiger partial charge in [-0.2, -0.15) is 0 Å². The van der Waals surface area contributed by atoms with Gasteiger partial charge in [0.2, 0.25) is 0 Å². The summed E-state index contributed by atoms with van der Waals surface area (Å²) in [5.41, 5.74) is 0. The fraction of sp³-hybridized carbons (Fsp3) is 0.789. The molecule has 0 bridgehead atoms. The van der Waals surface area contributed by atoms with Crippen LogP contribution < -0.4 is 0 Å². The maximum absolute atomic E-state index is 3.46. The Balaban J connectivity index is 1.73. The Morgan fingerprint density at radius 2 is 1.47 bits per heavy atom. The van der Waals surface area contributed by atoms with Gasteiger partial charge in [-0.1, -0.05) is 25.0 Å². The van der Waals surface area contributed by atoms with Gasteiger partial charge in [0.1, 0.15) is 0 Å². The molecule has 0 N–H and O–H groups in total. The molecule has 2 rings (SSSR count). The highest BCUT2D eigenvalue weighted by Gasteiger charge is 2.29. The standard InChI is InChI=1S/C19H30/c1-3-5-7-17-10-14-19(15-11-17)18-12-8-16(6-4-2)9-13-18/h4,6,16-19H,3,8-15H2,1-2H3/b6-4+/t16?,17-,18?,19-. The van der Waals surface area contributed by atoms with Gasteiger partial charge in [0, 0.05) is 12.3 Å². The molecule has 0 radical (unpaired) electrons. The maximum atomic E-state index is 3.46. The molecule has 0 unspecified atom stereocenters. The van der Waals surface area contributed by atoms with Crippen LogP contribution in [-0.4, -0.2) is 0 Å². The van der Waals surface area contributed by atoms with Crippen molar-refractivity contribution in [1.82, 2.24) is 0 Å². The molecular weight excluding hydrogens is 228 g/mol. The largest absolute Gasteiger partial charge is 0.103 e. The molecule has 2 fully saturated rings. The Kier molecular flexibility index (Phi) is 6.02. The second kappa shape index (κ2) is 7.78. The first kappa shape index (κ1) is 14.7. The van der Waals surface area contributed by atoms with Crippen LogP contribution >= 0.6 is 0 Å². The monoisotopic (exact) mass is 258 g/mol. The molecule has 2 saturated carbocycles. The first-order valence-corrected chi connectivity index (χ1v) is 8.44. The third kappa shape index (κ3) is 4.41. The molecule has 0 aromatic rings. The minimum Gasteiger partial charge on any atom is -0.103 e. The van der Waals surface area contributed by atoms with Crippen LogP contribution in [0, 0.1) is 35.5 Å². The van der Waals surface area contributed by atoms with Crippen molar-refractivity contribution in [2.45, 2.75) is 71.6 Å². The third-order valence-electron chi connectivity index (χ3n) is 5.20. The van der Waals surface area contributed by atoms with Gasteiger partial charge in [0.05, 0.1) is 0 Å². The van der Waals surface area contributed by atoms with E-state index in [-0.39, 0.29) is 0 Å². The van der Waals surface area contributed by atoms with Gasteiger partial charge < -0.3 is 0 Å². The van der Waals surface area contributed by atoms with E-state index in [0.717, 1.165) is 30.1 Å². The van der Waals surface area contributed by atoms with E-state index >= 15 is 0 Å². The highest BCUT2D eigenvalue weighted by atomic mass is 14.3. The lowest BCUT2D eigenvalue weighted by Gasteiger charge is -2.36. The van der Waals surface area contributed by atoms with Crippen LogP contribution in [0.1, 0.15) is 71.6 Å². The van der Waals surface area contributed by atoms with Crippen molar-refractivity contribution in [3.8, 4) is 11.8 Å². The smallest absolute Gasteiger partial charge is 0.0203 e. The molecule has 0 atom stereocenters. The second-order valence-electron chi connectivity index (χ2n) is 6.49. The summed E-state index contributed by atoms with van der Waals surface area (Å²) in [5.74, 6) is 10.4. The Labute approximate surface area is 120 Å². The van der Waals surface area contributed by atoms with E-state index in [1.807, 2.05) is 0 Å². The summed E-state index contributed by atoms with van der Waals surface area (Å²) in [6.07, 6.45) is 17.1. The lowest BCUT2D eigenvalue weighted by Crippen LogP contribution is -2.25. The van der Waals surface area contributed by atoms with Crippen LogP contribution in [0.5, 0.6) is 0 Å².